The lowest BCUT2D eigenvalue weighted by Crippen LogP contribution is -2.12. The Labute approximate surface area is 139 Å². The quantitative estimate of drug-likeness (QED) is 0.833. The number of carboxylic acids is 1. The Kier molecular flexibility index (Phi) is 3.41. The molecule has 0 bridgehead atoms. The van der Waals surface area contributed by atoms with Gasteiger partial charge in [0.25, 0.3) is 5.91 Å². The highest BCUT2D eigenvalue weighted by molar-refractivity contribution is 6.34. The monoisotopic (exact) mass is 320 g/mol. The second kappa shape index (κ2) is 5.60. The first-order chi connectivity index (χ1) is 11.6. The van der Waals surface area contributed by atoms with E-state index < -0.39 is 5.97 Å². The Morgan fingerprint density at radius 2 is 1.96 bits per heavy atom. The number of hydrogen-bond donors (Lipinski definition) is 2. The SMILES string of the molecule is O=C1Nc2ncccc2C1=Cc1ccc(C(=O)O)c2c1CCCC2. The normalized spacial score (nSPS) is 17.3. The molecule has 2 N–H and O–H groups in total. The molecule has 2 aromatic rings. The standard InChI is InChI=1S/C19H16N2O3/c22-18-16(14-6-3-9-20-17(14)21-18)10-11-7-8-15(19(23)24)13-5-2-1-4-12(11)13/h3,6-10H,1-2,4-5H2,(H,23,24)(H,20,21,22). The van der Waals surface area contributed by atoms with Crippen LogP contribution in [0.1, 0.15) is 45.5 Å². The first-order valence-electron chi connectivity index (χ1n) is 8.01. The third-order valence-corrected chi connectivity index (χ3v) is 4.68. The maximum absolute atomic E-state index is 12.3. The molecule has 120 valence electrons. The van der Waals surface area contributed by atoms with Crippen LogP contribution >= 0.6 is 0 Å². The van der Waals surface area contributed by atoms with Crippen molar-refractivity contribution < 1.29 is 14.7 Å². The number of rotatable bonds is 2. The zero-order chi connectivity index (χ0) is 16.7. The van der Waals surface area contributed by atoms with Gasteiger partial charge in [-0.25, -0.2) is 9.78 Å². The summed E-state index contributed by atoms with van der Waals surface area (Å²) in [6.45, 7) is 0. The van der Waals surface area contributed by atoms with Gasteiger partial charge < -0.3 is 10.4 Å². The molecule has 1 aliphatic heterocycles. The number of hydrogen-bond acceptors (Lipinski definition) is 3. The van der Waals surface area contributed by atoms with Crippen molar-refractivity contribution in [2.45, 2.75) is 25.7 Å². The molecule has 0 fully saturated rings. The highest BCUT2D eigenvalue weighted by Gasteiger charge is 2.26. The summed E-state index contributed by atoms with van der Waals surface area (Å²) in [5.74, 6) is -0.485. The van der Waals surface area contributed by atoms with E-state index in [9.17, 15) is 14.7 Å². The maximum atomic E-state index is 12.3. The number of nitrogens with zero attached hydrogens (tertiary/aromatic N) is 1. The average molecular weight is 320 g/mol. The molecule has 0 atom stereocenters. The van der Waals surface area contributed by atoms with E-state index in [2.05, 4.69) is 10.3 Å². The topological polar surface area (TPSA) is 79.3 Å². The van der Waals surface area contributed by atoms with Gasteiger partial charge in [-0.15, -0.1) is 0 Å². The molecule has 0 spiro atoms. The predicted octanol–water partition coefficient (Wildman–Crippen LogP) is 3.15. The van der Waals surface area contributed by atoms with Crippen molar-refractivity contribution in [3.8, 4) is 0 Å². The highest BCUT2D eigenvalue weighted by atomic mass is 16.4. The molecule has 24 heavy (non-hydrogen) atoms. The van der Waals surface area contributed by atoms with Crippen LogP contribution in [0.25, 0.3) is 11.6 Å². The molecule has 1 aromatic heterocycles. The van der Waals surface area contributed by atoms with Crippen molar-refractivity contribution in [2.75, 3.05) is 5.32 Å². The molecule has 4 rings (SSSR count). The molecular weight excluding hydrogens is 304 g/mol. The van der Waals surface area contributed by atoms with Crippen LogP contribution in [0.5, 0.6) is 0 Å². The lowest BCUT2D eigenvalue weighted by molar-refractivity contribution is -0.110. The van der Waals surface area contributed by atoms with Crippen molar-refractivity contribution in [1.29, 1.82) is 0 Å². The summed E-state index contributed by atoms with van der Waals surface area (Å²) >= 11 is 0. The highest BCUT2D eigenvalue weighted by Crippen LogP contribution is 2.34. The minimum atomic E-state index is -0.888. The molecule has 5 nitrogen and oxygen atoms in total. The molecule has 0 saturated carbocycles. The van der Waals surface area contributed by atoms with Crippen molar-refractivity contribution >= 4 is 29.3 Å². The third kappa shape index (κ3) is 2.29. The number of aromatic carboxylic acids is 1. The molecule has 0 unspecified atom stereocenters. The van der Waals surface area contributed by atoms with Crippen molar-refractivity contribution in [3.63, 3.8) is 0 Å². The van der Waals surface area contributed by atoms with Gasteiger partial charge in [0.05, 0.1) is 11.1 Å². The summed E-state index contributed by atoms with van der Waals surface area (Å²) in [5.41, 5.74) is 4.64. The van der Waals surface area contributed by atoms with E-state index in [1.165, 1.54) is 0 Å². The zero-order valence-electron chi connectivity index (χ0n) is 13.0. The molecule has 2 heterocycles. The van der Waals surface area contributed by atoms with E-state index in [-0.39, 0.29) is 5.91 Å². The van der Waals surface area contributed by atoms with Crippen LogP contribution in [-0.2, 0) is 17.6 Å². The number of amides is 1. The summed E-state index contributed by atoms with van der Waals surface area (Å²) in [6.07, 6.45) is 7.16. The first-order valence-corrected chi connectivity index (χ1v) is 8.01. The van der Waals surface area contributed by atoms with E-state index in [1.54, 1.807) is 18.3 Å². The van der Waals surface area contributed by atoms with E-state index in [0.29, 0.717) is 17.0 Å². The van der Waals surface area contributed by atoms with Gasteiger partial charge in [0, 0.05) is 11.8 Å². The lowest BCUT2D eigenvalue weighted by atomic mass is 9.84. The minimum absolute atomic E-state index is 0.171. The Bertz CT molecular complexity index is 899. The van der Waals surface area contributed by atoms with E-state index >= 15 is 0 Å². The van der Waals surface area contributed by atoms with E-state index in [4.69, 9.17) is 0 Å². The van der Waals surface area contributed by atoms with Gasteiger partial charge in [0.15, 0.2) is 0 Å². The molecule has 0 radical (unpaired) electrons. The fourth-order valence-corrected chi connectivity index (χ4v) is 3.55. The van der Waals surface area contributed by atoms with Crippen molar-refractivity contribution in [1.82, 2.24) is 4.98 Å². The second-order valence-electron chi connectivity index (χ2n) is 6.08. The van der Waals surface area contributed by atoms with Crippen LogP contribution in [0.4, 0.5) is 5.82 Å². The number of carbonyl (C=O) groups is 2. The van der Waals surface area contributed by atoms with E-state index in [0.717, 1.165) is 47.9 Å². The molecular formula is C19H16N2O3. The first kappa shape index (κ1) is 14.6. The molecule has 1 aliphatic carbocycles. The van der Waals surface area contributed by atoms with Crippen LogP contribution in [0.2, 0.25) is 0 Å². The van der Waals surface area contributed by atoms with Crippen LogP contribution in [0, 0.1) is 0 Å². The number of anilines is 1. The number of carboxylic acid groups (broad SMARTS) is 1. The molecule has 1 aromatic carbocycles. The van der Waals surface area contributed by atoms with Crippen LogP contribution in [0.15, 0.2) is 30.5 Å². The van der Waals surface area contributed by atoms with Gasteiger partial charge in [-0.1, -0.05) is 6.07 Å². The van der Waals surface area contributed by atoms with Crippen molar-refractivity contribution in [2.24, 2.45) is 0 Å². The van der Waals surface area contributed by atoms with Crippen LogP contribution < -0.4 is 5.32 Å². The van der Waals surface area contributed by atoms with Crippen LogP contribution in [0.3, 0.4) is 0 Å². The number of fused-ring (bicyclic) bond motifs is 2. The fraction of sp³-hybridized carbons (Fsp3) is 0.211. The van der Waals surface area contributed by atoms with Gasteiger partial charge in [-0.2, -0.15) is 0 Å². The Morgan fingerprint density at radius 3 is 2.75 bits per heavy atom. The summed E-state index contributed by atoms with van der Waals surface area (Å²) < 4.78 is 0. The fourth-order valence-electron chi connectivity index (χ4n) is 3.55. The molecule has 0 saturated heterocycles. The Hall–Kier alpha value is -2.95. The number of pyridine rings is 1. The van der Waals surface area contributed by atoms with E-state index in [1.807, 2.05) is 18.2 Å². The Balaban J connectivity index is 1.86. The second-order valence-corrected chi connectivity index (χ2v) is 6.08. The molecule has 5 heteroatoms. The number of carbonyl (C=O) groups excluding carboxylic acids is 1. The minimum Gasteiger partial charge on any atom is -0.478 e. The average Bonchev–Trinajstić information content (AvgIpc) is 2.90. The predicted molar refractivity (Wildman–Crippen MR) is 90.8 cm³/mol. The van der Waals surface area contributed by atoms with Gasteiger partial charge >= 0.3 is 5.97 Å². The summed E-state index contributed by atoms with van der Waals surface area (Å²) in [7, 11) is 0. The summed E-state index contributed by atoms with van der Waals surface area (Å²) in [4.78, 5) is 27.9. The molecule has 1 amide bonds. The number of benzene rings is 1. The van der Waals surface area contributed by atoms with Crippen LogP contribution in [-0.4, -0.2) is 22.0 Å². The lowest BCUT2D eigenvalue weighted by Gasteiger charge is -2.20. The maximum Gasteiger partial charge on any atom is 0.335 e. The molecule has 2 aliphatic rings. The number of nitrogens with one attached hydrogen (secondary N) is 1. The number of aromatic nitrogens is 1. The van der Waals surface area contributed by atoms with Crippen molar-refractivity contribution in [3.05, 3.63) is 58.3 Å². The third-order valence-electron chi connectivity index (χ3n) is 4.68. The van der Waals surface area contributed by atoms with Gasteiger partial charge in [-0.05, 0) is 66.6 Å². The zero-order valence-corrected chi connectivity index (χ0v) is 13.0. The van der Waals surface area contributed by atoms with Gasteiger partial charge in [-0.3, -0.25) is 4.79 Å². The summed E-state index contributed by atoms with van der Waals surface area (Å²) in [5, 5.41) is 12.2. The largest absolute Gasteiger partial charge is 0.478 e. The smallest absolute Gasteiger partial charge is 0.335 e. The van der Waals surface area contributed by atoms with Gasteiger partial charge in [0.1, 0.15) is 5.82 Å². The summed E-state index contributed by atoms with van der Waals surface area (Å²) in [6, 6.07) is 7.12. The Morgan fingerprint density at radius 1 is 1.17 bits per heavy atom. The van der Waals surface area contributed by atoms with Gasteiger partial charge in [0.2, 0.25) is 0 Å².